The molecule has 5 nitrogen and oxygen atoms in total. The van der Waals surface area contributed by atoms with E-state index < -0.39 is 27.3 Å². The molecule has 132 valence electrons. The van der Waals surface area contributed by atoms with Crippen molar-refractivity contribution in [2.75, 3.05) is 0 Å². The summed E-state index contributed by atoms with van der Waals surface area (Å²) in [5, 5.41) is 1.40. The molecular weight excluding hydrogens is 377 g/mol. The van der Waals surface area contributed by atoms with E-state index in [9.17, 15) is 26.4 Å². The van der Waals surface area contributed by atoms with Crippen LogP contribution in [0.2, 0.25) is 0 Å². The topological polar surface area (TPSA) is 79.0 Å². The van der Waals surface area contributed by atoms with Gasteiger partial charge in [0.2, 0.25) is 15.6 Å². The molecule has 1 aromatic carbocycles. The van der Waals surface area contributed by atoms with E-state index in [1.54, 1.807) is 17.5 Å². The third-order valence-electron chi connectivity index (χ3n) is 3.45. The molecule has 0 atom stereocenters. The van der Waals surface area contributed by atoms with Gasteiger partial charge in [-0.3, -0.25) is 4.79 Å². The fourth-order valence-corrected chi connectivity index (χ4v) is 4.07. The number of hydrogen-bond donors (Lipinski definition) is 2. The van der Waals surface area contributed by atoms with Gasteiger partial charge in [0, 0.05) is 28.4 Å². The second-order valence-electron chi connectivity index (χ2n) is 5.16. The molecule has 0 bridgehead atoms. The lowest BCUT2D eigenvalue weighted by molar-refractivity contribution is -0.136. The zero-order valence-corrected chi connectivity index (χ0v) is 14.1. The average Bonchev–Trinajstić information content (AvgIpc) is 3.04. The van der Waals surface area contributed by atoms with Crippen LogP contribution in [0.4, 0.5) is 13.2 Å². The number of aromatic nitrogens is 1. The molecule has 0 amide bonds. The summed E-state index contributed by atoms with van der Waals surface area (Å²) in [7, 11) is -4.00. The third kappa shape index (κ3) is 3.75. The normalized spacial score (nSPS) is 12.6. The van der Waals surface area contributed by atoms with Crippen LogP contribution in [0.5, 0.6) is 0 Å². The van der Waals surface area contributed by atoms with Gasteiger partial charge in [-0.05, 0) is 29.6 Å². The summed E-state index contributed by atoms with van der Waals surface area (Å²) in [4.78, 5) is 14.1. The highest BCUT2D eigenvalue weighted by molar-refractivity contribution is 7.89. The highest BCUT2D eigenvalue weighted by Crippen LogP contribution is 2.34. The van der Waals surface area contributed by atoms with Crippen molar-refractivity contribution in [1.29, 1.82) is 0 Å². The summed E-state index contributed by atoms with van der Waals surface area (Å²) in [5.41, 5.74) is -2.18. The summed E-state index contributed by atoms with van der Waals surface area (Å²) in [6.07, 6.45) is -4.78. The van der Waals surface area contributed by atoms with Gasteiger partial charge in [-0.25, -0.2) is 13.1 Å². The van der Waals surface area contributed by atoms with E-state index in [4.69, 9.17) is 0 Å². The van der Waals surface area contributed by atoms with E-state index in [1.165, 1.54) is 11.3 Å². The summed E-state index contributed by atoms with van der Waals surface area (Å²) in [6, 6.07) is 7.11. The summed E-state index contributed by atoms with van der Waals surface area (Å²) >= 11 is 1.35. The molecule has 0 saturated carbocycles. The molecule has 3 rings (SSSR count). The molecule has 2 heterocycles. The van der Waals surface area contributed by atoms with Crippen molar-refractivity contribution in [2.45, 2.75) is 17.6 Å². The molecule has 0 saturated heterocycles. The van der Waals surface area contributed by atoms with Crippen molar-refractivity contribution in [3.8, 4) is 0 Å². The number of aromatic amines is 1. The number of fused-ring (bicyclic) bond motifs is 1. The second kappa shape index (κ2) is 6.28. The lowest BCUT2D eigenvalue weighted by Crippen LogP contribution is -2.23. The Morgan fingerprint density at radius 3 is 2.56 bits per heavy atom. The number of pyridine rings is 1. The van der Waals surface area contributed by atoms with Crippen molar-refractivity contribution in [3.05, 3.63) is 62.6 Å². The van der Waals surface area contributed by atoms with Crippen LogP contribution in [0.25, 0.3) is 10.9 Å². The summed E-state index contributed by atoms with van der Waals surface area (Å²) in [5.74, 6) is 0. The molecule has 0 fully saturated rings. The van der Waals surface area contributed by atoms with Gasteiger partial charge in [0.05, 0.1) is 10.5 Å². The van der Waals surface area contributed by atoms with E-state index >= 15 is 0 Å². The minimum atomic E-state index is -4.78. The number of nitrogens with one attached hydrogen (secondary N) is 2. The number of halogens is 3. The predicted molar refractivity (Wildman–Crippen MR) is 87.9 cm³/mol. The van der Waals surface area contributed by atoms with Crippen molar-refractivity contribution < 1.29 is 21.6 Å². The van der Waals surface area contributed by atoms with Crippen LogP contribution in [0.1, 0.15) is 10.4 Å². The fourth-order valence-electron chi connectivity index (χ4n) is 2.30. The SMILES string of the molecule is O=c1cc(C(F)(F)F)c2cc(S(=O)(=O)NCc3cccs3)ccc2[nH]1. The molecule has 0 radical (unpaired) electrons. The first-order valence-corrected chi connectivity index (χ1v) is 9.29. The zero-order chi connectivity index (χ0) is 18.2. The number of rotatable bonds is 4. The number of benzene rings is 1. The van der Waals surface area contributed by atoms with Gasteiger partial charge in [0.15, 0.2) is 0 Å². The number of hydrogen-bond acceptors (Lipinski definition) is 4. The first-order valence-electron chi connectivity index (χ1n) is 6.93. The maximum atomic E-state index is 13.1. The Morgan fingerprint density at radius 2 is 1.92 bits per heavy atom. The van der Waals surface area contributed by atoms with Gasteiger partial charge >= 0.3 is 6.18 Å². The molecule has 0 unspecified atom stereocenters. The molecule has 10 heteroatoms. The minimum Gasteiger partial charge on any atom is -0.322 e. The lowest BCUT2D eigenvalue weighted by Gasteiger charge is -2.12. The van der Waals surface area contributed by atoms with E-state index in [2.05, 4.69) is 9.71 Å². The molecule has 0 aliphatic rings. The Kier molecular flexibility index (Phi) is 4.43. The van der Waals surface area contributed by atoms with E-state index in [0.29, 0.717) is 6.07 Å². The van der Waals surface area contributed by atoms with Gasteiger partial charge in [-0.2, -0.15) is 13.2 Å². The Balaban J connectivity index is 2.05. The first kappa shape index (κ1) is 17.6. The highest BCUT2D eigenvalue weighted by atomic mass is 32.2. The third-order valence-corrected chi connectivity index (χ3v) is 5.72. The van der Waals surface area contributed by atoms with Gasteiger partial charge in [-0.1, -0.05) is 6.07 Å². The lowest BCUT2D eigenvalue weighted by atomic mass is 10.1. The van der Waals surface area contributed by atoms with Crippen LogP contribution in [0, 0.1) is 0 Å². The Hall–Kier alpha value is -2.17. The van der Waals surface area contributed by atoms with Crippen molar-refractivity contribution in [1.82, 2.24) is 9.71 Å². The van der Waals surface area contributed by atoms with E-state index in [0.717, 1.165) is 23.1 Å². The minimum absolute atomic E-state index is 0.0375. The van der Waals surface area contributed by atoms with Crippen LogP contribution in [-0.2, 0) is 22.7 Å². The van der Waals surface area contributed by atoms with Gasteiger partial charge in [-0.15, -0.1) is 11.3 Å². The highest BCUT2D eigenvalue weighted by Gasteiger charge is 2.33. The van der Waals surface area contributed by atoms with Gasteiger partial charge < -0.3 is 4.98 Å². The largest absolute Gasteiger partial charge is 0.417 e. The van der Waals surface area contributed by atoms with Crippen LogP contribution >= 0.6 is 11.3 Å². The molecule has 0 aliphatic carbocycles. The molecule has 0 spiro atoms. The van der Waals surface area contributed by atoms with Crippen molar-refractivity contribution in [2.24, 2.45) is 0 Å². The molecule has 2 N–H and O–H groups in total. The van der Waals surface area contributed by atoms with Crippen LogP contribution < -0.4 is 10.3 Å². The molecule has 25 heavy (non-hydrogen) atoms. The monoisotopic (exact) mass is 388 g/mol. The maximum Gasteiger partial charge on any atom is 0.417 e. The quantitative estimate of drug-likeness (QED) is 0.721. The molecule has 0 aliphatic heterocycles. The van der Waals surface area contributed by atoms with Gasteiger partial charge in [0.1, 0.15) is 0 Å². The summed E-state index contributed by atoms with van der Waals surface area (Å²) in [6.45, 7) is 0.0375. The molecule has 2 aromatic heterocycles. The number of sulfonamides is 1. The smallest absolute Gasteiger partial charge is 0.322 e. The van der Waals surface area contributed by atoms with Crippen LogP contribution in [-0.4, -0.2) is 13.4 Å². The Bertz CT molecular complexity index is 1070. The standard InChI is InChI=1S/C15H11F3N2O3S2/c16-15(17,18)12-7-14(21)20-13-4-3-10(6-11(12)13)25(22,23)19-8-9-2-1-5-24-9/h1-7,19H,8H2,(H,20,21). The predicted octanol–water partition coefficient (Wildman–Crippen LogP) is 3.09. The van der Waals surface area contributed by atoms with Gasteiger partial charge in [0.25, 0.3) is 0 Å². The number of thiophene rings is 1. The van der Waals surface area contributed by atoms with E-state index in [-0.39, 0.29) is 22.3 Å². The molecule has 3 aromatic rings. The van der Waals surface area contributed by atoms with Crippen LogP contribution in [0.3, 0.4) is 0 Å². The number of H-pyrrole nitrogens is 1. The van der Waals surface area contributed by atoms with Crippen molar-refractivity contribution in [3.63, 3.8) is 0 Å². The Morgan fingerprint density at radius 1 is 1.16 bits per heavy atom. The Labute approximate surface area is 144 Å². The van der Waals surface area contributed by atoms with Crippen molar-refractivity contribution >= 4 is 32.3 Å². The fraction of sp³-hybridized carbons (Fsp3) is 0.133. The van der Waals surface area contributed by atoms with E-state index in [1.807, 2.05) is 0 Å². The average molecular weight is 388 g/mol. The van der Waals surface area contributed by atoms with Crippen LogP contribution in [0.15, 0.2) is 51.5 Å². The summed E-state index contributed by atoms with van der Waals surface area (Å²) < 4.78 is 66.5. The maximum absolute atomic E-state index is 13.1. The number of alkyl halides is 3. The zero-order valence-electron chi connectivity index (χ0n) is 12.4. The first-order chi connectivity index (χ1) is 11.7. The molecular formula is C15H11F3N2O3S2. The second-order valence-corrected chi connectivity index (χ2v) is 7.96.